The lowest BCUT2D eigenvalue weighted by Crippen LogP contribution is -2.62. The summed E-state index contributed by atoms with van der Waals surface area (Å²) >= 11 is 0. The summed E-state index contributed by atoms with van der Waals surface area (Å²) in [6.45, 7) is 19.3. The Kier molecular flexibility index (Phi) is 8.37. The van der Waals surface area contributed by atoms with Gasteiger partial charge in [-0.3, -0.25) is 0 Å². The van der Waals surface area contributed by atoms with Gasteiger partial charge in [0.1, 0.15) is 0 Å². The van der Waals surface area contributed by atoms with Crippen molar-refractivity contribution in [2.75, 3.05) is 9.71 Å². The zero-order chi connectivity index (χ0) is 43.9. The molecule has 0 amide bonds. The third kappa shape index (κ3) is 5.59. The van der Waals surface area contributed by atoms with E-state index in [2.05, 4.69) is 229 Å². The Labute approximate surface area is 380 Å². The monoisotopic (exact) mass is 826 g/mol. The second-order valence-electron chi connectivity index (χ2n) is 20.9. The molecule has 3 heterocycles. The van der Waals surface area contributed by atoms with E-state index in [1.165, 1.54) is 130 Å². The highest BCUT2D eigenvalue weighted by Gasteiger charge is 2.51. The third-order valence-electron chi connectivity index (χ3n) is 15.7. The van der Waals surface area contributed by atoms with Crippen molar-refractivity contribution in [3.05, 3.63) is 197 Å². The predicted molar refractivity (Wildman–Crippen MR) is 273 cm³/mol. The molecular weight excluding hydrogens is 771 g/mol. The molecule has 12 rings (SSSR count). The molecule has 1 aliphatic carbocycles. The van der Waals surface area contributed by atoms with E-state index in [4.69, 9.17) is 0 Å². The number of benzene rings is 8. The standard InChI is InChI=1S/C61H55BN2/c1-38-18-15-19-39(2)56(38)44-34-47-46-33-43(41-22-13-10-14-23-41)28-29-53(46)64(45-25-16-24-42(32-45)40-20-11-9-12-21-40)62-52-27-17-26-48-58(52)63(55(35-44)57(47)62)54-37-50-49(36-51(54)61(48,7)8)59(3,4)30-31-60(50,5)6/h9-29,32-37H,30-31H2,1-8H3. The van der Waals surface area contributed by atoms with Gasteiger partial charge in [-0.1, -0.05) is 163 Å². The molecule has 0 fully saturated rings. The van der Waals surface area contributed by atoms with Crippen LogP contribution in [0.25, 0.3) is 44.5 Å². The number of aryl methyl sites for hydroxylation is 2. The van der Waals surface area contributed by atoms with Gasteiger partial charge in [0.25, 0.3) is 0 Å². The topological polar surface area (TPSA) is 6.48 Å². The van der Waals surface area contributed by atoms with Gasteiger partial charge in [0.15, 0.2) is 0 Å². The van der Waals surface area contributed by atoms with E-state index in [9.17, 15) is 0 Å². The van der Waals surface area contributed by atoms with Crippen LogP contribution < -0.4 is 20.6 Å². The second kappa shape index (κ2) is 13.7. The SMILES string of the molecule is Cc1cccc(C)c1-c1cc2c3c(c1)N1c4cc5c(cc4C(C)(C)c4cccc(c41)B3N(c1cccc(-c3ccccc3)c1)c1ccc(-c3ccccc3)cc1-2)C(C)(C)CCC5(C)C. The van der Waals surface area contributed by atoms with Crippen LogP contribution in [0.3, 0.4) is 0 Å². The molecule has 3 heteroatoms. The minimum Gasteiger partial charge on any atom is -0.376 e. The van der Waals surface area contributed by atoms with Gasteiger partial charge in [0.2, 0.25) is 0 Å². The maximum absolute atomic E-state index is 2.72. The average molecular weight is 827 g/mol. The molecule has 64 heavy (non-hydrogen) atoms. The molecule has 0 unspecified atom stereocenters. The molecule has 0 saturated heterocycles. The molecule has 8 aromatic carbocycles. The van der Waals surface area contributed by atoms with E-state index in [1.807, 2.05) is 0 Å². The fraction of sp³-hybridized carbons (Fsp3) is 0.213. The van der Waals surface area contributed by atoms with E-state index >= 15 is 0 Å². The largest absolute Gasteiger partial charge is 0.376 e. The Morgan fingerprint density at radius 3 is 1.72 bits per heavy atom. The predicted octanol–water partition coefficient (Wildman–Crippen LogP) is 15.0. The van der Waals surface area contributed by atoms with Gasteiger partial charge in [-0.2, -0.15) is 0 Å². The van der Waals surface area contributed by atoms with Gasteiger partial charge in [-0.25, -0.2) is 0 Å². The fourth-order valence-electron chi connectivity index (χ4n) is 12.2. The van der Waals surface area contributed by atoms with Crippen LogP contribution in [0.1, 0.15) is 87.8 Å². The highest BCUT2D eigenvalue weighted by molar-refractivity contribution is 6.93. The Hall–Kier alpha value is -6.58. The van der Waals surface area contributed by atoms with Gasteiger partial charge in [0, 0.05) is 33.7 Å². The zero-order valence-corrected chi connectivity index (χ0v) is 38.5. The number of rotatable bonds is 4. The third-order valence-corrected chi connectivity index (χ3v) is 15.7. The zero-order valence-electron chi connectivity index (χ0n) is 38.5. The van der Waals surface area contributed by atoms with Crippen LogP contribution in [-0.4, -0.2) is 6.85 Å². The molecule has 0 spiro atoms. The minimum atomic E-state index is -0.232. The second-order valence-corrected chi connectivity index (χ2v) is 20.9. The first-order valence-electron chi connectivity index (χ1n) is 23.3. The number of para-hydroxylation sites is 1. The van der Waals surface area contributed by atoms with E-state index in [-0.39, 0.29) is 23.1 Å². The summed E-state index contributed by atoms with van der Waals surface area (Å²) in [5.41, 5.74) is 27.5. The summed E-state index contributed by atoms with van der Waals surface area (Å²) in [5, 5.41) is 0. The fourth-order valence-corrected chi connectivity index (χ4v) is 12.2. The molecular formula is C61H55BN2. The normalized spacial score (nSPS) is 16.6. The first-order valence-corrected chi connectivity index (χ1v) is 23.3. The summed E-state index contributed by atoms with van der Waals surface area (Å²) < 4.78 is 0. The van der Waals surface area contributed by atoms with Crippen LogP contribution in [0.5, 0.6) is 0 Å². The number of hydrogen-bond donors (Lipinski definition) is 0. The van der Waals surface area contributed by atoms with Gasteiger partial charge < -0.3 is 9.71 Å². The maximum Gasteiger partial charge on any atom is 0.333 e. The maximum atomic E-state index is 2.72. The Morgan fingerprint density at radius 2 is 1.03 bits per heavy atom. The average Bonchev–Trinajstić information content (AvgIpc) is 3.30. The van der Waals surface area contributed by atoms with Crippen molar-refractivity contribution in [2.24, 2.45) is 0 Å². The molecule has 312 valence electrons. The first kappa shape index (κ1) is 39.0. The van der Waals surface area contributed by atoms with E-state index in [0.29, 0.717) is 0 Å². The number of anilines is 5. The molecule has 0 atom stereocenters. The molecule has 0 bridgehead atoms. The molecule has 2 nitrogen and oxygen atoms in total. The van der Waals surface area contributed by atoms with Gasteiger partial charge in [-0.05, 0) is 163 Å². The number of nitrogens with zero attached hydrogens (tertiary/aromatic N) is 2. The summed E-state index contributed by atoms with van der Waals surface area (Å²) in [6.07, 6.45) is 2.36. The lowest BCUT2D eigenvalue weighted by molar-refractivity contribution is 0.331. The van der Waals surface area contributed by atoms with Crippen LogP contribution in [-0.2, 0) is 16.2 Å². The van der Waals surface area contributed by atoms with E-state index in [0.717, 1.165) is 0 Å². The number of fused-ring (bicyclic) bond motifs is 7. The highest BCUT2D eigenvalue weighted by Crippen LogP contribution is 2.58. The Morgan fingerprint density at radius 1 is 0.438 bits per heavy atom. The lowest BCUT2D eigenvalue weighted by atomic mass is 9.42. The summed E-state index contributed by atoms with van der Waals surface area (Å²) in [7, 11) is 0. The van der Waals surface area contributed by atoms with Crippen LogP contribution in [0.15, 0.2) is 164 Å². The van der Waals surface area contributed by atoms with Crippen molar-refractivity contribution in [2.45, 2.75) is 84.5 Å². The highest BCUT2D eigenvalue weighted by atomic mass is 15.2. The molecule has 0 aromatic heterocycles. The molecule has 8 aromatic rings. The Bertz CT molecular complexity index is 3210. The van der Waals surface area contributed by atoms with Crippen molar-refractivity contribution in [3.63, 3.8) is 0 Å². The lowest BCUT2D eigenvalue weighted by Gasteiger charge is -2.52. The Balaban J connectivity index is 1.22. The quantitative estimate of drug-likeness (QED) is 0.163. The van der Waals surface area contributed by atoms with Crippen molar-refractivity contribution >= 4 is 46.2 Å². The van der Waals surface area contributed by atoms with Crippen LogP contribution >= 0.6 is 0 Å². The van der Waals surface area contributed by atoms with Crippen molar-refractivity contribution in [3.8, 4) is 44.5 Å². The van der Waals surface area contributed by atoms with Crippen LogP contribution in [0.2, 0.25) is 0 Å². The molecule has 0 radical (unpaired) electrons. The van der Waals surface area contributed by atoms with Crippen LogP contribution in [0, 0.1) is 13.8 Å². The molecule has 4 aliphatic rings. The van der Waals surface area contributed by atoms with E-state index < -0.39 is 0 Å². The van der Waals surface area contributed by atoms with Gasteiger partial charge in [0.05, 0.1) is 5.69 Å². The van der Waals surface area contributed by atoms with E-state index in [1.54, 1.807) is 0 Å². The van der Waals surface area contributed by atoms with Crippen molar-refractivity contribution in [1.29, 1.82) is 0 Å². The summed E-state index contributed by atoms with van der Waals surface area (Å²) in [4.78, 5) is 5.40. The van der Waals surface area contributed by atoms with Crippen molar-refractivity contribution < 1.29 is 0 Å². The van der Waals surface area contributed by atoms with Crippen molar-refractivity contribution in [1.82, 2.24) is 0 Å². The summed E-state index contributed by atoms with van der Waals surface area (Å²) in [6, 6.07) is 62.5. The molecule has 3 aliphatic heterocycles. The van der Waals surface area contributed by atoms with Crippen LogP contribution in [0.4, 0.5) is 28.4 Å². The first-order chi connectivity index (χ1) is 30.8. The minimum absolute atomic E-state index is 0.0645. The smallest absolute Gasteiger partial charge is 0.333 e. The molecule has 0 N–H and O–H groups in total. The van der Waals surface area contributed by atoms with Gasteiger partial charge in [-0.15, -0.1) is 0 Å². The number of hydrogen-bond acceptors (Lipinski definition) is 2. The summed E-state index contributed by atoms with van der Waals surface area (Å²) in [5.74, 6) is 0. The molecule has 0 saturated carbocycles. The van der Waals surface area contributed by atoms with Gasteiger partial charge >= 0.3 is 6.85 Å².